The van der Waals surface area contributed by atoms with Crippen LogP contribution in [0.5, 0.6) is 0 Å². The van der Waals surface area contributed by atoms with Crippen molar-refractivity contribution in [3.63, 3.8) is 0 Å². The molecule has 1 aliphatic heterocycles. The van der Waals surface area contributed by atoms with Gasteiger partial charge in [0.25, 0.3) is 6.43 Å². The zero-order valence-electron chi connectivity index (χ0n) is 8.24. The largest absolute Gasteiger partial charge is 0.334 e. The first-order valence-corrected chi connectivity index (χ1v) is 4.33. The summed E-state index contributed by atoms with van der Waals surface area (Å²) in [5, 5.41) is 0. The van der Waals surface area contributed by atoms with Gasteiger partial charge in [0.1, 0.15) is 0 Å². The molecule has 0 atom stereocenters. The molecule has 7 heteroatoms. The molecular formula is C8H10F2N2O3. The molecule has 84 valence electrons. The minimum absolute atomic E-state index is 0.271. The Morgan fingerprint density at radius 1 is 1.13 bits per heavy atom. The molecule has 0 aromatic heterocycles. The Kier molecular flexibility index (Phi) is 3.01. The van der Waals surface area contributed by atoms with Gasteiger partial charge in [0.15, 0.2) is 0 Å². The van der Waals surface area contributed by atoms with Gasteiger partial charge in [-0.3, -0.25) is 14.5 Å². The summed E-state index contributed by atoms with van der Waals surface area (Å²) in [6.45, 7) is 2.01. The van der Waals surface area contributed by atoms with Crippen LogP contribution in [-0.2, 0) is 9.59 Å². The standard InChI is InChI=1S/C8H10F2N2O3/c1-4(2)12-7(14)6(13)11(8(12)15)3-5(9)10/h4-5H,3H2,1-2H3. The van der Waals surface area contributed by atoms with E-state index in [-0.39, 0.29) is 4.90 Å². The van der Waals surface area contributed by atoms with E-state index in [1.807, 2.05) is 0 Å². The molecule has 1 aliphatic rings. The zero-order valence-corrected chi connectivity index (χ0v) is 8.24. The summed E-state index contributed by atoms with van der Waals surface area (Å²) in [6.07, 6.45) is -2.84. The van der Waals surface area contributed by atoms with Crippen LogP contribution in [-0.4, -0.2) is 46.7 Å². The Balaban J connectivity index is 2.90. The average Bonchev–Trinajstić information content (AvgIpc) is 2.29. The second-order valence-corrected chi connectivity index (χ2v) is 3.36. The number of hydrogen-bond acceptors (Lipinski definition) is 3. The summed E-state index contributed by atoms with van der Waals surface area (Å²) >= 11 is 0. The van der Waals surface area contributed by atoms with Crippen molar-refractivity contribution in [2.75, 3.05) is 6.54 Å². The first-order chi connectivity index (χ1) is 6.86. The molecular weight excluding hydrogens is 210 g/mol. The highest BCUT2D eigenvalue weighted by Gasteiger charge is 2.46. The minimum Gasteiger partial charge on any atom is -0.263 e. The fraction of sp³-hybridized carbons (Fsp3) is 0.625. The van der Waals surface area contributed by atoms with Crippen molar-refractivity contribution in [2.45, 2.75) is 26.3 Å². The SMILES string of the molecule is CC(C)N1C(=O)C(=O)N(CC(F)F)C1=O. The molecule has 1 rings (SSSR count). The molecule has 0 aromatic rings. The molecule has 0 bridgehead atoms. The van der Waals surface area contributed by atoms with E-state index in [0.29, 0.717) is 4.90 Å². The Hall–Kier alpha value is -1.53. The van der Waals surface area contributed by atoms with E-state index in [4.69, 9.17) is 0 Å². The van der Waals surface area contributed by atoms with Gasteiger partial charge in [0.2, 0.25) is 0 Å². The number of carbonyl (C=O) groups excluding carboxylic acids is 3. The highest BCUT2D eigenvalue weighted by Crippen LogP contribution is 2.16. The molecule has 1 saturated heterocycles. The summed E-state index contributed by atoms with van der Waals surface area (Å²) in [6, 6.07) is -1.49. The fourth-order valence-electron chi connectivity index (χ4n) is 1.28. The second kappa shape index (κ2) is 3.92. The molecule has 1 heterocycles. The van der Waals surface area contributed by atoms with Crippen molar-refractivity contribution < 1.29 is 23.2 Å². The smallest absolute Gasteiger partial charge is 0.263 e. The Morgan fingerprint density at radius 2 is 1.67 bits per heavy atom. The molecule has 5 nitrogen and oxygen atoms in total. The lowest BCUT2D eigenvalue weighted by Crippen LogP contribution is -2.39. The van der Waals surface area contributed by atoms with E-state index in [2.05, 4.69) is 0 Å². The van der Waals surface area contributed by atoms with Crippen molar-refractivity contribution >= 4 is 17.8 Å². The quantitative estimate of drug-likeness (QED) is 0.512. The molecule has 15 heavy (non-hydrogen) atoms. The number of imide groups is 2. The van der Waals surface area contributed by atoms with Gasteiger partial charge in [-0.15, -0.1) is 0 Å². The van der Waals surface area contributed by atoms with Gasteiger partial charge in [-0.25, -0.2) is 18.5 Å². The summed E-state index contributed by atoms with van der Waals surface area (Å²) in [5.41, 5.74) is 0. The van der Waals surface area contributed by atoms with Crippen LogP contribution in [0.4, 0.5) is 13.6 Å². The summed E-state index contributed by atoms with van der Waals surface area (Å²) in [5.74, 6) is -2.23. The van der Waals surface area contributed by atoms with Crippen LogP contribution in [0.15, 0.2) is 0 Å². The predicted molar refractivity (Wildman–Crippen MR) is 45.1 cm³/mol. The van der Waals surface area contributed by atoms with Crippen molar-refractivity contribution in [3.05, 3.63) is 0 Å². The van der Waals surface area contributed by atoms with Crippen LogP contribution >= 0.6 is 0 Å². The topological polar surface area (TPSA) is 57.7 Å². The maximum atomic E-state index is 12.0. The molecule has 0 spiro atoms. The monoisotopic (exact) mass is 220 g/mol. The fourth-order valence-corrected chi connectivity index (χ4v) is 1.28. The van der Waals surface area contributed by atoms with Crippen LogP contribution in [0.2, 0.25) is 0 Å². The third kappa shape index (κ3) is 1.95. The number of halogens is 2. The number of urea groups is 1. The van der Waals surface area contributed by atoms with Crippen LogP contribution in [0.25, 0.3) is 0 Å². The third-order valence-corrected chi connectivity index (χ3v) is 1.92. The maximum absolute atomic E-state index is 12.0. The minimum atomic E-state index is -2.84. The average molecular weight is 220 g/mol. The number of nitrogens with zero attached hydrogens (tertiary/aromatic N) is 2. The number of alkyl halides is 2. The van der Waals surface area contributed by atoms with Gasteiger partial charge < -0.3 is 0 Å². The van der Waals surface area contributed by atoms with Gasteiger partial charge in [-0.2, -0.15) is 0 Å². The Morgan fingerprint density at radius 3 is 2.00 bits per heavy atom. The van der Waals surface area contributed by atoms with Crippen molar-refractivity contribution in [1.82, 2.24) is 9.80 Å². The van der Waals surface area contributed by atoms with Crippen molar-refractivity contribution in [3.8, 4) is 0 Å². The molecule has 0 aliphatic carbocycles. The first kappa shape index (κ1) is 11.5. The zero-order chi connectivity index (χ0) is 11.7. The Labute approximate surface area is 84.6 Å². The molecule has 4 amide bonds. The number of carbonyl (C=O) groups is 3. The molecule has 1 fully saturated rings. The highest BCUT2D eigenvalue weighted by molar-refractivity contribution is 6.44. The Bertz CT molecular complexity index is 317. The lowest BCUT2D eigenvalue weighted by molar-refractivity contribution is -0.144. The maximum Gasteiger partial charge on any atom is 0.334 e. The van der Waals surface area contributed by atoms with E-state index in [9.17, 15) is 23.2 Å². The molecule has 0 unspecified atom stereocenters. The molecule has 0 aromatic carbocycles. The van der Waals surface area contributed by atoms with Crippen LogP contribution < -0.4 is 0 Å². The van der Waals surface area contributed by atoms with E-state index in [1.54, 1.807) is 0 Å². The number of amides is 4. The van der Waals surface area contributed by atoms with Gasteiger partial charge in [0, 0.05) is 6.04 Å². The van der Waals surface area contributed by atoms with Crippen LogP contribution in [0.1, 0.15) is 13.8 Å². The number of rotatable bonds is 3. The van der Waals surface area contributed by atoms with Crippen molar-refractivity contribution in [1.29, 1.82) is 0 Å². The van der Waals surface area contributed by atoms with E-state index < -0.39 is 36.9 Å². The molecule has 0 radical (unpaired) electrons. The number of hydrogen-bond donors (Lipinski definition) is 0. The van der Waals surface area contributed by atoms with Crippen molar-refractivity contribution in [2.24, 2.45) is 0 Å². The van der Waals surface area contributed by atoms with Gasteiger partial charge in [-0.05, 0) is 13.8 Å². The summed E-state index contributed by atoms with van der Waals surface area (Å²) in [7, 11) is 0. The normalized spacial score (nSPS) is 17.6. The van der Waals surface area contributed by atoms with E-state index >= 15 is 0 Å². The highest BCUT2D eigenvalue weighted by atomic mass is 19.3. The predicted octanol–water partition coefficient (Wildman–Crippen LogP) is 0.451. The van der Waals surface area contributed by atoms with Crippen LogP contribution in [0, 0.1) is 0 Å². The van der Waals surface area contributed by atoms with Crippen LogP contribution in [0.3, 0.4) is 0 Å². The van der Waals surface area contributed by atoms with Gasteiger partial charge in [-0.1, -0.05) is 0 Å². The van der Waals surface area contributed by atoms with E-state index in [0.717, 1.165) is 0 Å². The van der Waals surface area contributed by atoms with E-state index in [1.165, 1.54) is 13.8 Å². The van der Waals surface area contributed by atoms with Gasteiger partial charge >= 0.3 is 17.8 Å². The summed E-state index contributed by atoms with van der Waals surface area (Å²) < 4.78 is 24.0. The first-order valence-electron chi connectivity index (χ1n) is 4.33. The third-order valence-electron chi connectivity index (χ3n) is 1.92. The second-order valence-electron chi connectivity index (χ2n) is 3.36. The lowest BCUT2D eigenvalue weighted by Gasteiger charge is -2.17. The lowest BCUT2D eigenvalue weighted by atomic mass is 10.3. The molecule has 0 saturated carbocycles. The van der Waals surface area contributed by atoms with Gasteiger partial charge in [0.05, 0.1) is 6.54 Å². The molecule has 0 N–H and O–H groups in total. The summed E-state index contributed by atoms with van der Waals surface area (Å²) in [4.78, 5) is 34.7.